The molecule has 1 fully saturated rings. The lowest BCUT2D eigenvalue weighted by Crippen LogP contribution is -2.57. The van der Waals surface area contributed by atoms with Crippen LogP contribution in [0.1, 0.15) is 20.8 Å². The number of morpholine rings is 1. The first-order chi connectivity index (χ1) is 6.48. The molecule has 0 aromatic carbocycles. The molecular formula is C11H24N2O. The topological polar surface area (TPSA) is 15.7 Å². The minimum absolute atomic E-state index is 0.119. The summed E-state index contributed by atoms with van der Waals surface area (Å²) in [5.74, 6) is 0. The standard InChI is InChI=1S/C11H24N2O/c1-6-13-7-8-14-10(9-13)11(2,3)12(4)5/h10H,6-9H2,1-5H3/t10-/m1/s1. The highest BCUT2D eigenvalue weighted by atomic mass is 16.5. The summed E-state index contributed by atoms with van der Waals surface area (Å²) in [7, 11) is 4.24. The van der Waals surface area contributed by atoms with Crippen molar-refractivity contribution in [1.82, 2.24) is 9.80 Å². The maximum atomic E-state index is 5.85. The lowest BCUT2D eigenvalue weighted by atomic mass is 9.94. The lowest BCUT2D eigenvalue weighted by Gasteiger charge is -2.44. The second kappa shape index (κ2) is 4.60. The number of hydrogen-bond donors (Lipinski definition) is 0. The van der Waals surface area contributed by atoms with Crippen LogP contribution in [-0.4, -0.2) is 61.8 Å². The summed E-state index contributed by atoms with van der Waals surface area (Å²) in [6.45, 7) is 10.8. The fraction of sp³-hybridized carbons (Fsp3) is 1.00. The van der Waals surface area contributed by atoms with Crippen molar-refractivity contribution >= 4 is 0 Å². The van der Waals surface area contributed by atoms with Crippen LogP contribution >= 0.6 is 0 Å². The van der Waals surface area contributed by atoms with Crippen molar-refractivity contribution in [2.75, 3.05) is 40.3 Å². The molecule has 0 bridgehead atoms. The van der Waals surface area contributed by atoms with Crippen molar-refractivity contribution in [2.24, 2.45) is 0 Å². The lowest BCUT2D eigenvalue weighted by molar-refractivity contribution is -0.0918. The minimum Gasteiger partial charge on any atom is -0.374 e. The predicted molar refractivity (Wildman–Crippen MR) is 59.6 cm³/mol. The predicted octanol–water partition coefficient (Wildman–Crippen LogP) is 1.05. The van der Waals surface area contributed by atoms with Crippen molar-refractivity contribution in [2.45, 2.75) is 32.4 Å². The van der Waals surface area contributed by atoms with E-state index in [1.807, 2.05) is 0 Å². The van der Waals surface area contributed by atoms with Crippen LogP contribution in [0.4, 0.5) is 0 Å². The Morgan fingerprint density at radius 3 is 2.57 bits per heavy atom. The molecule has 1 heterocycles. The number of nitrogens with zero attached hydrogens (tertiary/aromatic N) is 2. The molecule has 0 unspecified atom stereocenters. The van der Waals surface area contributed by atoms with Crippen LogP contribution in [0.2, 0.25) is 0 Å². The van der Waals surface area contributed by atoms with Gasteiger partial charge >= 0.3 is 0 Å². The van der Waals surface area contributed by atoms with Gasteiger partial charge in [0, 0.05) is 18.6 Å². The largest absolute Gasteiger partial charge is 0.374 e. The highest BCUT2D eigenvalue weighted by Crippen LogP contribution is 2.22. The number of rotatable bonds is 3. The number of ether oxygens (including phenoxy) is 1. The van der Waals surface area contributed by atoms with Crippen molar-refractivity contribution in [1.29, 1.82) is 0 Å². The fourth-order valence-corrected chi connectivity index (χ4v) is 1.71. The molecule has 14 heavy (non-hydrogen) atoms. The zero-order valence-corrected chi connectivity index (χ0v) is 10.2. The van der Waals surface area contributed by atoms with E-state index in [1.165, 1.54) is 0 Å². The first-order valence-corrected chi connectivity index (χ1v) is 5.50. The van der Waals surface area contributed by atoms with Gasteiger partial charge in [0.2, 0.25) is 0 Å². The summed E-state index contributed by atoms with van der Waals surface area (Å²) in [5.41, 5.74) is 0.119. The molecule has 0 aliphatic carbocycles. The second-order valence-corrected chi connectivity index (χ2v) is 4.80. The molecule has 0 N–H and O–H groups in total. The van der Waals surface area contributed by atoms with Crippen molar-refractivity contribution in [3.8, 4) is 0 Å². The van der Waals surface area contributed by atoms with Crippen molar-refractivity contribution < 1.29 is 4.74 Å². The molecule has 1 saturated heterocycles. The van der Waals surface area contributed by atoms with E-state index in [0.717, 1.165) is 26.2 Å². The van der Waals surface area contributed by atoms with Gasteiger partial charge in [0.05, 0.1) is 12.7 Å². The van der Waals surface area contributed by atoms with Crippen LogP contribution in [0.5, 0.6) is 0 Å². The van der Waals surface area contributed by atoms with Gasteiger partial charge < -0.3 is 9.64 Å². The third-order valence-corrected chi connectivity index (χ3v) is 3.54. The van der Waals surface area contributed by atoms with Gasteiger partial charge in [-0.3, -0.25) is 4.90 Å². The Bertz CT molecular complexity index is 180. The van der Waals surface area contributed by atoms with E-state index < -0.39 is 0 Å². The van der Waals surface area contributed by atoms with E-state index in [0.29, 0.717) is 6.10 Å². The Balaban J connectivity index is 2.59. The third kappa shape index (κ3) is 2.47. The van der Waals surface area contributed by atoms with Crippen LogP contribution in [0, 0.1) is 0 Å². The van der Waals surface area contributed by atoms with Gasteiger partial charge in [-0.2, -0.15) is 0 Å². The quantitative estimate of drug-likeness (QED) is 0.677. The number of likely N-dealkylation sites (N-methyl/N-ethyl adjacent to an activating group) is 2. The summed E-state index contributed by atoms with van der Waals surface area (Å²) in [6.07, 6.45) is 0.325. The van der Waals surface area contributed by atoms with Crippen LogP contribution in [0.15, 0.2) is 0 Å². The summed E-state index contributed by atoms with van der Waals surface area (Å²) >= 11 is 0. The first-order valence-electron chi connectivity index (χ1n) is 5.50. The molecule has 3 nitrogen and oxygen atoms in total. The van der Waals surface area contributed by atoms with E-state index >= 15 is 0 Å². The molecule has 84 valence electrons. The Morgan fingerprint density at radius 2 is 2.07 bits per heavy atom. The summed E-state index contributed by atoms with van der Waals surface area (Å²) in [5, 5.41) is 0. The van der Waals surface area contributed by atoms with Crippen LogP contribution < -0.4 is 0 Å². The van der Waals surface area contributed by atoms with Crippen LogP contribution in [0.25, 0.3) is 0 Å². The van der Waals surface area contributed by atoms with Crippen molar-refractivity contribution in [3.63, 3.8) is 0 Å². The van der Waals surface area contributed by atoms with Gasteiger partial charge in [0.25, 0.3) is 0 Å². The molecule has 0 radical (unpaired) electrons. The van der Waals surface area contributed by atoms with E-state index in [4.69, 9.17) is 4.74 Å². The molecule has 0 spiro atoms. The van der Waals surface area contributed by atoms with Gasteiger partial charge in [-0.1, -0.05) is 6.92 Å². The Kier molecular flexibility index (Phi) is 3.93. The third-order valence-electron chi connectivity index (χ3n) is 3.54. The highest BCUT2D eigenvalue weighted by Gasteiger charge is 2.35. The average Bonchev–Trinajstić information content (AvgIpc) is 2.17. The zero-order valence-electron chi connectivity index (χ0n) is 10.2. The molecule has 3 heteroatoms. The molecule has 0 amide bonds. The number of hydrogen-bond acceptors (Lipinski definition) is 3. The Labute approximate surface area is 88.0 Å². The molecule has 0 aromatic heterocycles. The second-order valence-electron chi connectivity index (χ2n) is 4.80. The van der Waals surface area contributed by atoms with Crippen LogP contribution in [-0.2, 0) is 4.74 Å². The van der Waals surface area contributed by atoms with E-state index in [9.17, 15) is 0 Å². The summed E-state index contributed by atoms with van der Waals surface area (Å²) < 4.78 is 5.85. The Hall–Kier alpha value is -0.120. The summed E-state index contributed by atoms with van der Waals surface area (Å²) in [4.78, 5) is 4.70. The van der Waals surface area contributed by atoms with Crippen LogP contribution in [0.3, 0.4) is 0 Å². The normalized spacial score (nSPS) is 25.7. The fourth-order valence-electron chi connectivity index (χ4n) is 1.71. The minimum atomic E-state index is 0.119. The molecule has 1 atom stereocenters. The van der Waals surface area contributed by atoms with E-state index in [1.54, 1.807) is 0 Å². The van der Waals surface area contributed by atoms with E-state index in [2.05, 4.69) is 44.7 Å². The van der Waals surface area contributed by atoms with Gasteiger partial charge in [0.1, 0.15) is 0 Å². The molecule has 1 rings (SSSR count). The monoisotopic (exact) mass is 200 g/mol. The molecular weight excluding hydrogens is 176 g/mol. The summed E-state index contributed by atoms with van der Waals surface area (Å²) in [6, 6.07) is 0. The maximum absolute atomic E-state index is 5.85. The smallest absolute Gasteiger partial charge is 0.0880 e. The van der Waals surface area contributed by atoms with Gasteiger partial charge in [-0.15, -0.1) is 0 Å². The molecule has 1 aliphatic rings. The maximum Gasteiger partial charge on any atom is 0.0880 e. The van der Waals surface area contributed by atoms with Gasteiger partial charge in [-0.05, 0) is 34.5 Å². The van der Waals surface area contributed by atoms with E-state index in [-0.39, 0.29) is 5.54 Å². The Morgan fingerprint density at radius 1 is 1.43 bits per heavy atom. The van der Waals surface area contributed by atoms with Gasteiger partial charge in [-0.25, -0.2) is 0 Å². The van der Waals surface area contributed by atoms with Crippen molar-refractivity contribution in [3.05, 3.63) is 0 Å². The zero-order chi connectivity index (χ0) is 10.8. The average molecular weight is 200 g/mol. The van der Waals surface area contributed by atoms with Gasteiger partial charge in [0.15, 0.2) is 0 Å². The molecule has 1 aliphatic heterocycles. The first kappa shape index (κ1) is 12.0. The highest BCUT2D eigenvalue weighted by molar-refractivity contribution is 4.90. The molecule has 0 saturated carbocycles. The molecule has 0 aromatic rings. The SMILES string of the molecule is CCN1CCO[C@@H](C(C)(C)N(C)C)C1.